The van der Waals surface area contributed by atoms with Gasteiger partial charge in [-0.05, 0) is 18.9 Å². The van der Waals surface area contributed by atoms with Gasteiger partial charge in [0.1, 0.15) is 23.5 Å². The Morgan fingerprint density at radius 2 is 1.78 bits per heavy atom. The molecule has 1 fully saturated rings. The number of hydrogen-bond acceptors (Lipinski definition) is 4. The van der Waals surface area contributed by atoms with Crippen molar-refractivity contribution in [2.75, 3.05) is 18.0 Å². The van der Waals surface area contributed by atoms with Crippen LogP contribution in [-0.4, -0.2) is 13.1 Å². The monoisotopic (exact) mass is 241 g/mol. The van der Waals surface area contributed by atoms with Gasteiger partial charge < -0.3 is 9.32 Å². The van der Waals surface area contributed by atoms with Gasteiger partial charge in [0.15, 0.2) is 5.88 Å². The van der Waals surface area contributed by atoms with Crippen LogP contribution < -0.4 is 4.90 Å². The van der Waals surface area contributed by atoms with Gasteiger partial charge in [0.25, 0.3) is 0 Å². The van der Waals surface area contributed by atoms with Crippen molar-refractivity contribution in [3.63, 3.8) is 0 Å². The van der Waals surface area contributed by atoms with Gasteiger partial charge in [0, 0.05) is 25.2 Å². The molecule has 0 unspecified atom stereocenters. The van der Waals surface area contributed by atoms with Crippen LogP contribution in [0.4, 0.5) is 5.88 Å². The van der Waals surface area contributed by atoms with Crippen LogP contribution in [0, 0.1) is 22.7 Å². The van der Waals surface area contributed by atoms with E-state index in [4.69, 9.17) is 14.9 Å². The molecule has 1 aliphatic heterocycles. The van der Waals surface area contributed by atoms with Crippen LogP contribution in [0.1, 0.15) is 31.4 Å². The molecule has 2 heterocycles. The van der Waals surface area contributed by atoms with Gasteiger partial charge >= 0.3 is 0 Å². The number of anilines is 1. The van der Waals surface area contributed by atoms with Crippen LogP contribution >= 0.6 is 0 Å². The number of allylic oxidation sites excluding steroid dienone is 1. The SMILES string of the molecule is N#CC(C#N)=Cc1ccc(N2CCCCCC2)o1. The Kier molecular flexibility index (Phi) is 4.04. The highest BCUT2D eigenvalue weighted by Gasteiger charge is 2.13. The Morgan fingerprint density at radius 3 is 2.39 bits per heavy atom. The van der Waals surface area contributed by atoms with Gasteiger partial charge in [0.2, 0.25) is 0 Å². The van der Waals surface area contributed by atoms with E-state index >= 15 is 0 Å². The van der Waals surface area contributed by atoms with Crippen molar-refractivity contribution in [2.24, 2.45) is 0 Å². The van der Waals surface area contributed by atoms with Crippen molar-refractivity contribution in [3.05, 3.63) is 23.5 Å². The zero-order valence-electron chi connectivity index (χ0n) is 10.2. The highest BCUT2D eigenvalue weighted by molar-refractivity contribution is 5.60. The summed E-state index contributed by atoms with van der Waals surface area (Å²) in [6, 6.07) is 7.36. The second-order valence-corrected chi connectivity index (χ2v) is 4.36. The summed E-state index contributed by atoms with van der Waals surface area (Å²) in [5, 5.41) is 17.4. The molecule has 0 N–H and O–H groups in total. The Bertz CT molecular complexity index is 492. The first kappa shape index (κ1) is 12.3. The molecular formula is C14H15N3O. The van der Waals surface area contributed by atoms with Crippen LogP contribution in [-0.2, 0) is 0 Å². The molecule has 1 aliphatic rings. The fourth-order valence-electron chi connectivity index (χ4n) is 2.11. The molecule has 0 atom stereocenters. The van der Waals surface area contributed by atoms with Crippen LogP contribution in [0.5, 0.6) is 0 Å². The van der Waals surface area contributed by atoms with Gasteiger partial charge in [-0.2, -0.15) is 10.5 Å². The first-order valence-corrected chi connectivity index (χ1v) is 6.20. The minimum absolute atomic E-state index is 0.0618. The highest BCUT2D eigenvalue weighted by Crippen LogP contribution is 2.23. The minimum atomic E-state index is 0.0618. The predicted octanol–water partition coefficient (Wildman–Crippen LogP) is 3.09. The predicted molar refractivity (Wildman–Crippen MR) is 68.6 cm³/mol. The maximum Gasteiger partial charge on any atom is 0.196 e. The van der Waals surface area contributed by atoms with Crippen LogP contribution in [0.15, 0.2) is 22.1 Å². The smallest absolute Gasteiger partial charge is 0.196 e. The summed E-state index contributed by atoms with van der Waals surface area (Å²) < 4.78 is 5.66. The Balaban J connectivity index is 2.13. The molecule has 0 radical (unpaired) electrons. The lowest BCUT2D eigenvalue weighted by Gasteiger charge is -2.18. The summed E-state index contributed by atoms with van der Waals surface area (Å²) in [5.74, 6) is 1.39. The molecule has 18 heavy (non-hydrogen) atoms. The van der Waals surface area contributed by atoms with E-state index in [2.05, 4.69) is 4.90 Å². The average Bonchev–Trinajstić information content (AvgIpc) is 2.69. The van der Waals surface area contributed by atoms with Crippen molar-refractivity contribution >= 4 is 12.0 Å². The molecule has 4 nitrogen and oxygen atoms in total. The van der Waals surface area contributed by atoms with E-state index < -0.39 is 0 Å². The molecule has 0 aromatic carbocycles. The third-order valence-corrected chi connectivity index (χ3v) is 3.06. The van der Waals surface area contributed by atoms with Gasteiger partial charge in [-0.3, -0.25) is 0 Å². The second kappa shape index (κ2) is 5.93. The fraction of sp³-hybridized carbons (Fsp3) is 0.429. The van der Waals surface area contributed by atoms with E-state index in [-0.39, 0.29) is 5.57 Å². The Morgan fingerprint density at radius 1 is 1.11 bits per heavy atom. The molecular weight excluding hydrogens is 226 g/mol. The van der Waals surface area contributed by atoms with E-state index in [1.165, 1.54) is 31.8 Å². The number of hydrogen-bond donors (Lipinski definition) is 0. The maximum absolute atomic E-state index is 8.69. The third-order valence-electron chi connectivity index (χ3n) is 3.06. The molecule has 1 aromatic rings. The van der Waals surface area contributed by atoms with Crippen LogP contribution in [0.3, 0.4) is 0 Å². The molecule has 0 bridgehead atoms. The largest absolute Gasteiger partial charge is 0.441 e. The lowest BCUT2D eigenvalue weighted by Crippen LogP contribution is -2.23. The molecule has 1 aromatic heterocycles. The summed E-state index contributed by atoms with van der Waals surface area (Å²) in [5.41, 5.74) is 0.0618. The van der Waals surface area contributed by atoms with Crippen LogP contribution in [0.2, 0.25) is 0 Å². The van der Waals surface area contributed by atoms with Crippen molar-refractivity contribution < 1.29 is 4.42 Å². The topological polar surface area (TPSA) is 64.0 Å². The number of nitrogens with zero attached hydrogens (tertiary/aromatic N) is 3. The third kappa shape index (κ3) is 2.93. The second-order valence-electron chi connectivity index (χ2n) is 4.36. The van der Waals surface area contributed by atoms with Crippen molar-refractivity contribution in [3.8, 4) is 12.1 Å². The minimum Gasteiger partial charge on any atom is -0.441 e. The quantitative estimate of drug-likeness (QED) is 0.746. The molecule has 4 heteroatoms. The van der Waals surface area contributed by atoms with Crippen LogP contribution in [0.25, 0.3) is 6.08 Å². The molecule has 0 saturated carbocycles. The number of rotatable bonds is 2. The van der Waals surface area contributed by atoms with Crippen molar-refractivity contribution in [2.45, 2.75) is 25.7 Å². The van der Waals surface area contributed by atoms with Gasteiger partial charge in [-0.1, -0.05) is 12.8 Å². The fourth-order valence-corrected chi connectivity index (χ4v) is 2.11. The number of furan rings is 1. The molecule has 0 amide bonds. The van der Waals surface area contributed by atoms with Gasteiger partial charge in [-0.15, -0.1) is 0 Å². The van der Waals surface area contributed by atoms with Crippen molar-refractivity contribution in [1.82, 2.24) is 0 Å². The molecule has 1 saturated heterocycles. The van der Waals surface area contributed by atoms with E-state index in [1.54, 1.807) is 6.07 Å². The number of nitriles is 2. The van der Waals surface area contributed by atoms with E-state index in [0.29, 0.717) is 5.76 Å². The first-order chi connectivity index (χ1) is 8.83. The lowest BCUT2D eigenvalue weighted by molar-refractivity contribution is 0.536. The van der Waals surface area contributed by atoms with Gasteiger partial charge in [-0.25, -0.2) is 0 Å². The maximum atomic E-state index is 8.69. The van der Waals surface area contributed by atoms with E-state index in [0.717, 1.165) is 19.0 Å². The molecule has 0 aliphatic carbocycles. The molecule has 92 valence electrons. The first-order valence-electron chi connectivity index (χ1n) is 6.20. The molecule has 0 spiro atoms. The standard InChI is InChI=1S/C14H15N3O/c15-10-12(11-16)9-13-5-6-14(18-13)17-7-3-1-2-4-8-17/h5-6,9H,1-4,7-8H2. The average molecular weight is 241 g/mol. The summed E-state index contributed by atoms with van der Waals surface area (Å²) >= 11 is 0. The molecule has 2 rings (SSSR count). The van der Waals surface area contributed by atoms with E-state index in [1.807, 2.05) is 18.2 Å². The van der Waals surface area contributed by atoms with Crippen molar-refractivity contribution in [1.29, 1.82) is 10.5 Å². The summed E-state index contributed by atoms with van der Waals surface area (Å²) in [7, 11) is 0. The summed E-state index contributed by atoms with van der Waals surface area (Å²) in [4.78, 5) is 2.22. The summed E-state index contributed by atoms with van der Waals surface area (Å²) in [6.45, 7) is 2.03. The summed E-state index contributed by atoms with van der Waals surface area (Å²) in [6.07, 6.45) is 6.40. The Labute approximate surface area is 107 Å². The normalized spacial score (nSPS) is 15.3. The highest BCUT2D eigenvalue weighted by atomic mass is 16.4. The zero-order chi connectivity index (χ0) is 12.8. The lowest BCUT2D eigenvalue weighted by atomic mass is 10.2. The zero-order valence-corrected chi connectivity index (χ0v) is 10.2. The van der Waals surface area contributed by atoms with E-state index in [9.17, 15) is 0 Å². The Hall–Kier alpha value is -2.20. The van der Waals surface area contributed by atoms with Gasteiger partial charge in [0.05, 0.1) is 0 Å².